The Morgan fingerprint density at radius 1 is 1.32 bits per heavy atom. The molecule has 0 fully saturated rings. The van der Waals surface area contributed by atoms with Crippen LogP contribution < -0.4 is 5.73 Å². The largest absolute Gasteiger partial charge is 0.368 e. The standard InChI is InChI=1S/C14H17N3O2/c1-10(2)17(9-13(16)18)14(19)12(8-15)11-6-4-3-5-7-11/h3-7,10,12H,9H2,1-2H3,(H2,16,18). The summed E-state index contributed by atoms with van der Waals surface area (Å²) in [6.07, 6.45) is 0. The van der Waals surface area contributed by atoms with E-state index in [0.717, 1.165) is 0 Å². The highest BCUT2D eigenvalue weighted by molar-refractivity contribution is 5.90. The average Bonchev–Trinajstić information content (AvgIpc) is 2.37. The van der Waals surface area contributed by atoms with Gasteiger partial charge < -0.3 is 10.6 Å². The van der Waals surface area contributed by atoms with Crippen molar-refractivity contribution >= 4 is 11.8 Å². The number of hydrogen-bond donors (Lipinski definition) is 1. The molecule has 1 rings (SSSR count). The number of nitriles is 1. The molecule has 1 aromatic carbocycles. The van der Waals surface area contributed by atoms with E-state index in [9.17, 15) is 14.9 Å². The lowest BCUT2D eigenvalue weighted by atomic mass is 9.98. The molecular weight excluding hydrogens is 242 g/mol. The van der Waals surface area contributed by atoms with Gasteiger partial charge in [-0.3, -0.25) is 9.59 Å². The number of primary amides is 1. The van der Waals surface area contributed by atoms with Crippen molar-refractivity contribution in [2.24, 2.45) is 5.73 Å². The van der Waals surface area contributed by atoms with Gasteiger partial charge in [0.25, 0.3) is 0 Å². The molecule has 1 atom stereocenters. The lowest BCUT2D eigenvalue weighted by molar-refractivity contribution is -0.137. The molecule has 19 heavy (non-hydrogen) atoms. The first kappa shape index (κ1) is 14.7. The van der Waals surface area contributed by atoms with Gasteiger partial charge in [-0.25, -0.2) is 0 Å². The molecule has 0 aromatic heterocycles. The summed E-state index contributed by atoms with van der Waals surface area (Å²) in [5.74, 6) is -1.91. The SMILES string of the molecule is CC(C)N(CC(N)=O)C(=O)C(C#N)c1ccccc1. The van der Waals surface area contributed by atoms with Gasteiger partial charge in [0.2, 0.25) is 11.8 Å². The lowest BCUT2D eigenvalue weighted by Gasteiger charge is -2.27. The van der Waals surface area contributed by atoms with Crippen molar-refractivity contribution in [3.05, 3.63) is 35.9 Å². The lowest BCUT2D eigenvalue weighted by Crippen LogP contribution is -2.44. The molecule has 0 radical (unpaired) electrons. The van der Waals surface area contributed by atoms with Crippen molar-refractivity contribution in [2.75, 3.05) is 6.54 Å². The number of nitrogens with zero attached hydrogens (tertiary/aromatic N) is 2. The third-order valence-electron chi connectivity index (χ3n) is 2.74. The van der Waals surface area contributed by atoms with Gasteiger partial charge in [-0.1, -0.05) is 30.3 Å². The minimum Gasteiger partial charge on any atom is -0.368 e. The first-order valence-electron chi connectivity index (χ1n) is 6.00. The molecule has 2 N–H and O–H groups in total. The minimum absolute atomic E-state index is 0.179. The first-order valence-corrected chi connectivity index (χ1v) is 6.00. The van der Waals surface area contributed by atoms with Crippen LogP contribution in [0.25, 0.3) is 0 Å². The Labute approximate surface area is 112 Å². The number of carbonyl (C=O) groups is 2. The van der Waals surface area contributed by atoms with E-state index < -0.39 is 17.7 Å². The van der Waals surface area contributed by atoms with Crippen LogP contribution in [0.5, 0.6) is 0 Å². The van der Waals surface area contributed by atoms with Crippen molar-refractivity contribution in [2.45, 2.75) is 25.8 Å². The molecular formula is C14H17N3O2. The summed E-state index contributed by atoms with van der Waals surface area (Å²) >= 11 is 0. The Balaban J connectivity index is 3.00. The minimum atomic E-state index is -0.914. The summed E-state index contributed by atoms with van der Waals surface area (Å²) in [7, 11) is 0. The molecule has 0 bridgehead atoms. The van der Waals surface area contributed by atoms with Gasteiger partial charge in [-0.05, 0) is 19.4 Å². The van der Waals surface area contributed by atoms with Crippen LogP contribution in [0.1, 0.15) is 25.3 Å². The van der Waals surface area contributed by atoms with Gasteiger partial charge in [-0.2, -0.15) is 5.26 Å². The van der Waals surface area contributed by atoms with E-state index >= 15 is 0 Å². The van der Waals surface area contributed by atoms with E-state index in [2.05, 4.69) is 0 Å². The van der Waals surface area contributed by atoms with E-state index in [1.807, 2.05) is 12.1 Å². The summed E-state index contributed by atoms with van der Waals surface area (Å²) in [5.41, 5.74) is 5.75. The van der Waals surface area contributed by atoms with Gasteiger partial charge >= 0.3 is 0 Å². The molecule has 5 heteroatoms. The summed E-state index contributed by atoms with van der Waals surface area (Å²) in [4.78, 5) is 24.7. The number of nitrogens with two attached hydrogens (primary N) is 1. The van der Waals surface area contributed by atoms with Crippen molar-refractivity contribution in [1.82, 2.24) is 4.90 Å². The molecule has 0 saturated heterocycles. The van der Waals surface area contributed by atoms with E-state index in [4.69, 9.17) is 5.73 Å². The predicted octanol–water partition coefficient (Wildman–Crippen LogP) is 1.02. The van der Waals surface area contributed by atoms with Gasteiger partial charge in [0.05, 0.1) is 12.6 Å². The maximum Gasteiger partial charge on any atom is 0.245 e. The van der Waals surface area contributed by atoms with Gasteiger partial charge in [0.1, 0.15) is 5.92 Å². The quantitative estimate of drug-likeness (QED) is 0.856. The zero-order chi connectivity index (χ0) is 14.4. The highest BCUT2D eigenvalue weighted by atomic mass is 16.2. The monoisotopic (exact) mass is 259 g/mol. The van der Waals surface area contributed by atoms with Crippen LogP contribution >= 0.6 is 0 Å². The summed E-state index contributed by atoms with van der Waals surface area (Å²) < 4.78 is 0. The predicted molar refractivity (Wildman–Crippen MR) is 70.8 cm³/mol. The second-order valence-corrected chi connectivity index (χ2v) is 4.50. The Kier molecular flexibility index (Phi) is 5.07. The second kappa shape index (κ2) is 6.55. The molecule has 2 amide bonds. The highest BCUT2D eigenvalue weighted by Crippen LogP contribution is 2.18. The number of hydrogen-bond acceptors (Lipinski definition) is 3. The molecule has 0 spiro atoms. The fraction of sp³-hybridized carbons (Fsp3) is 0.357. The first-order chi connectivity index (χ1) is 8.97. The smallest absolute Gasteiger partial charge is 0.245 e. The molecule has 100 valence electrons. The molecule has 0 aliphatic carbocycles. The zero-order valence-corrected chi connectivity index (χ0v) is 11.0. The van der Waals surface area contributed by atoms with Crippen molar-refractivity contribution in [3.8, 4) is 6.07 Å². The third-order valence-corrected chi connectivity index (χ3v) is 2.74. The Morgan fingerprint density at radius 3 is 2.32 bits per heavy atom. The molecule has 0 saturated carbocycles. The van der Waals surface area contributed by atoms with Crippen molar-refractivity contribution in [3.63, 3.8) is 0 Å². The summed E-state index contributed by atoms with van der Waals surface area (Å²) in [5, 5.41) is 9.20. The number of benzene rings is 1. The molecule has 0 aliphatic rings. The molecule has 0 heterocycles. The summed E-state index contributed by atoms with van der Waals surface area (Å²) in [6.45, 7) is 3.38. The Hall–Kier alpha value is -2.35. The Morgan fingerprint density at radius 2 is 1.89 bits per heavy atom. The molecule has 1 unspecified atom stereocenters. The van der Waals surface area contributed by atoms with Crippen LogP contribution in [-0.4, -0.2) is 29.3 Å². The number of rotatable bonds is 5. The van der Waals surface area contributed by atoms with E-state index in [0.29, 0.717) is 5.56 Å². The maximum absolute atomic E-state index is 12.3. The van der Waals surface area contributed by atoms with Gasteiger partial charge in [0.15, 0.2) is 0 Å². The zero-order valence-electron chi connectivity index (χ0n) is 11.0. The van der Waals surface area contributed by atoms with E-state index in [-0.39, 0.29) is 12.6 Å². The fourth-order valence-corrected chi connectivity index (χ4v) is 1.77. The van der Waals surface area contributed by atoms with E-state index in [1.54, 1.807) is 38.1 Å². The molecule has 5 nitrogen and oxygen atoms in total. The third kappa shape index (κ3) is 3.81. The van der Waals surface area contributed by atoms with Gasteiger partial charge in [-0.15, -0.1) is 0 Å². The number of amides is 2. The average molecular weight is 259 g/mol. The normalized spacial score (nSPS) is 11.7. The van der Waals surface area contributed by atoms with Crippen LogP contribution in [0.3, 0.4) is 0 Å². The maximum atomic E-state index is 12.3. The summed E-state index contributed by atoms with van der Waals surface area (Å²) in [6, 6.07) is 10.6. The second-order valence-electron chi connectivity index (χ2n) is 4.50. The van der Waals surface area contributed by atoms with E-state index in [1.165, 1.54) is 4.90 Å². The van der Waals surface area contributed by atoms with Crippen LogP contribution in [0.15, 0.2) is 30.3 Å². The van der Waals surface area contributed by atoms with Gasteiger partial charge in [0, 0.05) is 6.04 Å². The highest BCUT2D eigenvalue weighted by Gasteiger charge is 2.28. The van der Waals surface area contributed by atoms with Crippen LogP contribution in [0, 0.1) is 11.3 Å². The van der Waals surface area contributed by atoms with Crippen molar-refractivity contribution < 1.29 is 9.59 Å². The Bertz CT molecular complexity index is 491. The topological polar surface area (TPSA) is 87.2 Å². The molecule has 1 aromatic rings. The van der Waals surface area contributed by atoms with Crippen LogP contribution in [0.2, 0.25) is 0 Å². The van der Waals surface area contributed by atoms with Crippen LogP contribution in [0.4, 0.5) is 0 Å². The molecule has 0 aliphatic heterocycles. The van der Waals surface area contributed by atoms with Crippen LogP contribution in [-0.2, 0) is 9.59 Å². The fourth-order valence-electron chi connectivity index (χ4n) is 1.77. The van der Waals surface area contributed by atoms with Crippen molar-refractivity contribution in [1.29, 1.82) is 5.26 Å². The number of carbonyl (C=O) groups excluding carboxylic acids is 2.